The zero-order valence-electron chi connectivity index (χ0n) is 17.4. The van der Waals surface area contributed by atoms with Gasteiger partial charge < -0.3 is 14.7 Å². The number of ether oxygens (including phenoxy) is 1. The van der Waals surface area contributed by atoms with E-state index >= 15 is 0 Å². The van der Waals surface area contributed by atoms with Gasteiger partial charge in [-0.3, -0.25) is 9.59 Å². The van der Waals surface area contributed by atoms with Crippen molar-refractivity contribution in [1.82, 2.24) is 4.90 Å². The molecule has 1 atom stereocenters. The molecule has 156 valence electrons. The summed E-state index contributed by atoms with van der Waals surface area (Å²) in [7, 11) is 1.58. The maximum absolute atomic E-state index is 13.2. The van der Waals surface area contributed by atoms with Crippen LogP contribution in [0, 0.1) is 6.92 Å². The van der Waals surface area contributed by atoms with Crippen molar-refractivity contribution >= 4 is 17.4 Å². The molecule has 1 unspecified atom stereocenters. The largest absolute Gasteiger partial charge is 0.507 e. The number of aryl methyl sites for hydroxylation is 1. The Morgan fingerprint density at radius 2 is 1.73 bits per heavy atom. The monoisotopic (exact) mass is 405 g/mol. The topological polar surface area (TPSA) is 66.8 Å². The highest BCUT2D eigenvalue weighted by atomic mass is 16.5. The second kappa shape index (κ2) is 8.34. The summed E-state index contributed by atoms with van der Waals surface area (Å²) in [6.45, 7) is 1.85. The quantitative estimate of drug-likeness (QED) is 0.453. The van der Waals surface area contributed by atoms with Crippen LogP contribution < -0.4 is 4.74 Å². The molecule has 0 aromatic heterocycles. The third-order valence-corrected chi connectivity index (χ3v) is 6.25. The Morgan fingerprint density at radius 3 is 2.37 bits per heavy atom. The number of carbonyl (C=O) groups excluding carboxylic acids is 2. The van der Waals surface area contributed by atoms with Crippen LogP contribution >= 0.6 is 0 Å². The lowest BCUT2D eigenvalue weighted by Crippen LogP contribution is -2.40. The van der Waals surface area contributed by atoms with E-state index in [0.29, 0.717) is 11.3 Å². The fraction of sp³-hybridized carbons (Fsp3) is 0.360. The number of amides is 1. The first-order valence-corrected chi connectivity index (χ1v) is 10.5. The lowest BCUT2D eigenvalue weighted by atomic mass is 9.90. The van der Waals surface area contributed by atoms with E-state index in [1.807, 2.05) is 43.3 Å². The molecular weight excluding hydrogens is 378 g/mol. The van der Waals surface area contributed by atoms with Crippen molar-refractivity contribution in [1.29, 1.82) is 0 Å². The summed E-state index contributed by atoms with van der Waals surface area (Å²) < 4.78 is 5.25. The van der Waals surface area contributed by atoms with E-state index in [9.17, 15) is 14.7 Å². The molecule has 2 aliphatic rings. The standard InChI is InChI=1S/C25H27NO4/c1-16-15-19(30-2)13-14-20(16)23(27)21-22(17-9-5-3-6-10-17)26(25(29)24(21)28)18-11-7-4-8-12-18/h3,5-6,9-10,13-15,18,22,27H,4,7-8,11-12H2,1-2H3/b23-21-. The molecule has 5 nitrogen and oxygen atoms in total. The Bertz CT molecular complexity index is 989. The van der Waals surface area contributed by atoms with Crippen LogP contribution in [0.3, 0.4) is 0 Å². The Kier molecular flexibility index (Phi) is 5.62. The number of aliphatic hydroxyl groups is 1. The molecular formula is C25H27NO4. The van der Waals surface area contributed by atoms with Gasteiger partial charge >= 0.3 is 0 Å². The second-order valence-corrected chi connectivity index (χ2v) is 8.09. The minimum Gasteiger partial charge on any atom is -0.507 e. The van der Waals surface area contributed by atoms with Gasteiger partial charge in [0, 0.05) is 11.6 Å². The first kappa shape index (κ1) is 20.2. The number of rotatable bonds is 4. The molecule has 1 aliphatic carbocycles. The summed E-state index contributed by atoms with van der Waals surface area (Å²) in [6, 6.07) is 14.3. The van der Waals surface area contributed by atoms with Crippen LogP contribution in [0.1, 0.15) is 54.8 Å². The number of benzene rings is 2. The number of hydrogen-bond donors (Lipinski definition) is 1. The van der Waals surface area contributed by atoms with Gasteiger partial charge in [-0.2, -0.15) is 0 Å². The molecule has 2 aromatic carbocycles. The first-order chi connectivity index (χ1) is 14.5. The summed E-state index contributed by atoms with van der Waals surface area (Å²) >= 11 is 0. The Morgan fingerprint density at radius 1 is 1.03 bits per heavy atom. The lowest BCUT2D eigenvalue weighted by molar-refractivity contribution is -0.141. The summed E-state index contributed by atoms with van der Waals surface area (Å²) in [4.78, 5) is 28.0. The molecule has 1 heterocycles. The molecule has 1 saturated carbocycles. The van der Waals surface area contributed by atoms with Gasteiger partial charge in [0.1, 0.15) is 11.5 Å². The molecule has 2 aromatic rings. The fourth-order valence-electron chi connectivity index (χ4n) is 4.72. The number of likely N-dealkylation sites (tertiary alicyclic amines) is 1. The van der Waals surface area contributed by atoms with E-state index in [1.54, 1.807) is 24.1 Å². The predicted octanol–water partition coefficient (Wildman–Crippen LogP) is 4.76. The number of Topliss-reactive ketones (excluding diaryl/α,β-unsaturated/α-hetero) is 1. The SMILES string of the molecule is COc1ccc(/C(O)=C2/C(=O)C(=O)N(C3CCCCC3)C2c2ccccc2)c(C)c1. The van der Waals surface area contributed by atoms with Crippen LogP contribution in [0.2, 0.25) is 0 Å². The molecule has 1 saturated heterocycles. The Labute approximate surface area is 177 Å². The molecule has 1 N–H and O–H groups in total. The number of aliphatic hydroxyl groups excluding tert-OH is 1. The maximum Gasteiger partial charge on any atom is 0.295 e. The van der Waals surface area contributed by atoms with Gasteiger partial charge in [-0.1, -0.05) is 49.6 Å². The van der Waals surface area contributed by atoms with Gasteiger partial charge in [0.15, 0.2) is 0 Å². The third kappa shape index (κ3) is 3.49. The highest BCUT2D eigenvalue weighted by Gasteiger charge is 2.48. The Hall–Kier alpha value is -3.08. The van der Waals surface area contributed by atoms with Crippen molar-refractivity contribution in [3.63, 3.8) is 0 Å². The molecule has 0 spiro atoms. The number of hydrogen-bond acceptors (Lipinski definition) is 4. The third-order valence-electron chi connectivity index (χ3n) is 6.25. The molecule has 2 fully saturated rings. The molecule has 1 amide bonds. The fourth-order valence-corrected chi connectivity index (χ4v) is 4.72. The van der Waals surface area contributed by atoms with Crippen molar-refractivity contribution in [3.8, 4) is 5.75 Å². The van der Waals surface area contributed by atoms with Crippen LogP contribution in [0.4, 0.5) is 0 Å². The predicted molar refractivity (Wildman–Crippen MR) is 115 cm³/mol. The minimum atomic E-state index is -0.609. The van der Waals surface area contributed by atoms with Crippen molar-refractivity contribution in [2.45, 2.75) is 51.1 Å². The van der Waals surface area contributed by atoms with Crippen LogP contribution in [-0.4, -0.2) is 34.8 Å². The summed E-state index contributed by atoms with van der Waals surface area (Å²) in [5.74, 6) is -0.572. The first-order valence-electron chi connectivity index (χ1n) is 10.5. The lowest BCUT2D eigenvalue weighted by Gasteiger charge is -2.35. The van der Waals surface area contributed by atoms with E-state index in [1.165, 1.54) is 0 Å². The second-order valence-electron chi connectivity index (χ2n) is 8.09. The molecule has 30 heavy (non-hydrogen) atoms. The number of nitrogens with zero attached hydrogens (tertiary/aromatic N) is 1. The van der Waals surface area contributed by atoms with E-state index in [0.717, 1.165) is 43.2 Å². The summed E-state index contributed by atoms with van der Waals surface area (Å²) in [5, 5.41) is 11.2. The van der Waals surface area contributed by atoms with Gasteiger partial charge in [0.2, 0.25) is 0 Å². The van der Waals surface area contributed by atoms with E-state index in [4.69, 9.17) is 4.74 Å². The van der Waals surface area contributed by atoms with Crippen molar-refractivity contribution < 1.29 is 19.4 Å². The minimum absolute atomic E-state index is 0.0164. The van der Waals surface area contributed by atoms with Gasteiger partial charge in [-0.15, -0.1) is 0 Å². The smallest absolute Gasteiger partial charge is 0.295 e. The zero-order chi connectivity index (χ0) is 21.3. The van der Waals surface area contributed by atoms with Crippen LogP contribution in [0.15, 0.2) is 54.1 Å². The number of carbonyl (C=O) groups is 2. The van der Waals surface area contributed by atoms with Crippen LogP contribution in [-0.2, 0) is 9.59 Å². The van der Waals surface area contributed by atoms with Crippen LogP contribution in [0.25, 0.3) is 5.76 Å². The zero-order valence-corrected chi connectivity index (χ0v) is 17.4. The van der Waals surface area contributed by atoms with Crippen molar-refractivity contribution in [2.24, 2.45) is 0 Å². The average molecular weight is 405 g/mol. The van der Waals surface area contributed by atoms with Crippen molar-refractivity contribution in [3.05, 3.63) is 70.8 Å². The van der Waals surface area contributed by atoms with Gasteiger partial charge in [-0.05, 0) is 49.1 Å². The van der Waals surface area contributed by atoms with Gasteiger partial charge in [0.05, 0.1) is 18.7 Å². The van der Waals surface area contributed by atoms with E-state index < -0.39 is 17.7 Å². The van der Waals surface area contributed by atoms with Crippen LogP contribution in [0.5, 0.6) is 5.75 Å². The normalized spacial score (nSPS) is 21.8. The number of ketones is 1. The van der Waals surface area contributed by atoms with Crippen molar-refractivity contribution in [2.75, 3.05) is 7.11 Å². The molecule has 0 radical (unpaired) electrons. The van der Waals surface area contributed by atoms with Gasteiger partial charge in [0.25, 0.3) is 11.7 Å². The molecule has 5 heteroatoms. The highest BCUT2D eigenvalue weighted by Crippen LogP contribution is 2.43. The summed E-state index contributed by atoms with van der Waals surface area (Å²) in [5.41, 5.74) is 2.33. The maximum atomic E-state index is 13.2. The van der Waals surface area contributed by atoms with Gasteiger partial charge in [-0.25, -0.2) is 0 Å². The highest BCUT2D eigenvalue weighted by molar-refractivity contribution is 6.46. The van der Waals surface area contributed by atoms with E-state index in [2.05, 4.69) is 0 Å². The average Bonchev–Trinajstić information content (AvgIpc) is 3.05. The Balaban J connectivity index is 1.87. The number of methoxy groups -OCH3 is 1. The summed E-state index contributed by atoms with van der Waals surface area (Å²) in [6.07, 6.45) is 5.02. The molecule has 0 bridgehead atoms. The van der Waals surface area contributed by atoms with E-state index in [-0.39, 0.29) is 17.4 Å². The molecule has 4 rings (SSSR count). The molecule has 1 aliphatic heterocycles.